The van der Waals surface area contributed by atoms with E-state index < -0.39 is 17.8 Å². The largest absolute Gasteiger partial charge is 0.390 e. The van der Waals surface area contributed by atoms with E-state index in [1.165, 1.54) is 0 Å². The summed E-state index contributed by atoms with van der Waals surface area (Å²) in [5.41, 5.74) is 0.984. The molecule has 4 nitrogen and oxygen atoms in total. The Morgan fingerprint density at radius 3 is 2.42 bits per heavy atom. The van der Waals surface area contributed by atoms with Gasteiger partial charge in [-0.1, -0.05) is 19.1 Å². The van der Waals surface area contributed by atoms with Crippen LogP contribution in [-0.2, 0) is 4.79 Å². The number of carbonyl (C=O) groups excluding carboxylic acids is 1. The van der Waals surface area contributed by atoms with Crippen molar-refractivity contribution in [2.75, 3.05) is 0 Å². The molecule has 2 aliphatic carbocycles. The SMILES string of the molecule is C=C1CC[C@@H]2C(=C(C)C)C(=O)C[C@@]2(C)C[C@@H](O)[C@](C)(O)CC[C@@H]1O. The Morgan fingerprint density at radius 2 is 1.83 bits per heavy atom. The van der Waals surface area contributed by atoms with Gasteiger partial charge in [0.25, 0.3) is 0 Å². The minimum absolute atomic E-state index is 0.0301. The second-order valence-electron chi connectivity index (χ2n) is 8.55. The van der Waals surface area contributed by atoms with Crippen LogP contribution in [0.25, 0.3) is 0 Å². The molecule has 4 heteroatoms. The van der Waals surface area contributed by atoms with Gasteiger partial charge in [0.05, 0.1) is 17.8 Å². The van der Waals surface area contributed by atoms with Gasteiger partial charge in [-0.2, -0.15) is 0 Å². The van der Waals surface area contributed by atoms with Gasteiger partial charge in [-0.05, 0) is 75.4 Å². The molecule has 0 aromatic carbocycles. The molecular weight excluding hydrogens is 304 g/mol. The number of hydrogen-bond acceptors (Lipinski definition) is 4. The molecule has 2 aliphatic rings. The first-order valence-corrected chi connectivity index (χ1v) is 8.94. The third-order valence-corrected chi connectivity index (χ3v) is 6.12. The number of ketones is 1. The number of allylic oxidation sites excluding steroid dienone is 2. The van der Waals surface area contributed by atoms with Gasteiger partial charge in [-0.25, -0.2) is 0 Å². The molecule has 0 bridgehead atoms. The van der Waals surface area contributed by atoms with Gasteiger partial charge in [0.2, 0.25) is 0 Å². The molecule has 0 heterocycles. The van der Waals surface area contributed by atoms with E-state index in [4.69, 9.17) is 0 Å². The molecule has 0 unspecified atom stereocenters. The van der Waals surface area contributed by atoms with Gasteiger partial charge < -0.3 is 15.3 Å². The minimum Gasteiger partial charge on any atom is -0.390 e. The maximum atomic E-state index is 12.6. The van der Waals surface area contributed by atoms with Crippen molar-refractivity contribution in [3.63, 3.8) is 0 Å². The number of carbonyl (C=O) groups is 1. The van der Waals surface area contributed by atoms with Crippen LogP contribution in [0.5, 0.6) is 0 Å². The third kappa shape index (κ3) is 3.66. The Labute approximate surface area is 145 Å². The van der Waals surface area contributed by atoms with Gasteiger partial charge in [0, 0.05) is 6.42 Å². The highest BCUT2D eigenvalue weighted by Gasteiger charge is 2.50. The summed E-state index contributed by atoms with van der Waals surface area (Å²) in [4.78, 5) is 12.6. The van der Waals surface area contributed by atoms with Crippen molar-refractivity contribution in [2.24, 2.45) is 11.3 Å². The first kappa shape index (κ1) is 19.4. The number of aliphatic hydroxyl groups excluding tert-OH is 2. The molecule has 0 aromatic rings. The smallest absolute Gasteiger partial charge is 0.159 e. The van der Waals surface area contributed by atoms with E-state index in [0.29, 0.717) is 32.1 Å². The van der Waals surface area contributed by atoms with Crippen LogP contribution in [0.3, 0.4) is 0 Å². The third-order valence-electron chi connectivity index (χ3n) is 6.12. The predicted molar refractivity (Wildman–Crippen MR) is 94.5 cm³/mol. The monoisotopic (exact) mass is 336 g/mol. The van der Waals surface area contributed by atoms with Crippen LogP contribution >= 0.6 is 0 Å². The molecule has 0 aliphatic heterocycles. The lowest BCUT2D eigenvalue weighted by Gasteiger charge is -2.38. The van der Waals surface area contributed by atoms with Crippen LogP contribution in [0, 0.1) is 11.3 Å². The summed E-state index contributed by atoms with van der Waals surface area (Å²) in [6.07, 6.45) is 1.28. The predicted octanol–water partition coefficient (Wildman–Crippen LogP) is 2.91. The number of aliphatic hydroxyl groups is 3. The molecule has 0 aromatic heterocycles. The molecule has 2 saturated carbocycles. The van der Waals surface area contributed by atoms with E-state index in [1.54, 1.807) is 6.92 Å². The number of Topliss-reactive ketones (excluding diaryl/α,β-unsaturated/α-hetero) is 1. The van der Waals surface area contributed by atoms with Crippen LogP contribution in [0.1, 0.15) is 66.2 Å². The topological polar surface area (TPSA) is 77.8 Å². The molecule has 0 radical (unpaired) electrons. The molecule has 2 rings (SSSR count). The van der Waals surface area contributed by atoms with Crippen molar-refractivity contribution >= 4 is 5.78 Å². The van der Waals surface area contributed by atoms with Crippen molar-refractivity contribution < 1.29 is 20.1 Å². The highest BCUT2D eigenvalue weighted by molar-refractivity contribution is 5.99. The zero-order valence-electron chi connectivity index (χ0n) is 15.4. The van der Waals surface area contributed by atoms with Crippen molar-refractivity contribution in [3.8, 4) is 0 Å². The molecule has 2 fully saturated rings. The van der Waals surface area contributed by atoms with Gasteiger partial charge in [-0.3, -0.25) is 4.79 Å². The summed E-state index contributed by atoms with van der Waals surface area (Å²) < 4.78 is 0. The fraction of sp³-hybridized carbons (Fsp3) is 0.750. The van der Waals surface area contributed by atoms with Crippen LogP contribution in [0.4, 0.5) is 0 Å². The first-order chi connectivity index (χ1) is 11.0. The Balaban J connectivity index is 2.44. The van der Waals surface area contributed by atoms with Crippen molar-refractivity contribution in [2.45, 2.75) is 84.0 Å². The average Bonchev–Trinajstić information content (AvgIpc) is 2.71. The standard InChI is InChI=1S/C20H32O4/c1-12(2)18-14-7-6-13(3)15(21)8-9-20(5,24)17(23)11-19(14,4)10-16(18)22/h14-15,17,21,23-24H,3,6-11H2,1-2,4-5H3/t14-,15+,17-,19+,20-/m1/s1. The highest BCUT2D eigenvalue weighted by atomic mass is 16.3. The van der Waals surface area contributed by atoms with Gasteiger partial charge >= 0.3 is 0 Å². The van der Waals surface area contributed by atoms with Crippen LogP contribution < -0.4 is 0 Å². The highest BCUT2D eigenvalue weighted by Crippen LogP contribution is 2.52. The second kappa shape index (κ2) is 6.74. The van der Waals surface area contributed by atoms with E-state index in [-0.39, 0.29) is 17.1 Å². The zero-order chi connectivity index (χ0) is 18.3. The maximum absolute atomic E-state index is 12.6. The molecule has 136 valence electrons. The van der Waals surface area contributed by atoms with Gasteiger partial charge in [0.1, 0.15) is 0 Å². The van der Waals surface area contributed by atoms with Gasteiger partial charge in [0.15, 0.2) is 5.78 Å². The summed E-state index contributed by atoms with van der Waals surface area (Å²) in [7, 11) is 0. The summed E-state index contributed by atoms with van der Waals surface area (Å²) in [6, 6.07) is 0. The number of rotatable bonds is 0. The fourth-order valence-electron chi connectivity index (χ4n) is 4.42. The van der Waals surface area contributed by atoms with Crippen molar-refractivity contribution in [1.29, 1.82) is 0 Å². The lowest BCUT2D eigenvalue weighted by molar-refractivity contribution is -0.116. The normalized spacial score (nSPS) is 41.8. The average molecular weight is 336 g/mol. The van der Waals surface area contributed by atoms with Gasteiger partial charge in [-0.15, -0.1) is 0 Å². The summed E-state index contributed by atoms with van der Waals surface area (Å²) in [6.45, 7) is 11.6. The molecule has 0 saturated heterocycles. The van der Waals surface area contributed by atoms with Crippen molar-refractivity contribution in [3.05, 3.63) is 23.3 Å². The Bertz CT molecular complexity index is 556. The zero-order valence-corrected chi connectivity index (χ0v) is 15.4. The van der Waals surface area contributed by atoms with Crippen LogP contribution in [0.15, 0.2) is 23.3 Å². The maximum Gasteiger partial charge on any atom is 0.159 e. The van der Waals surface area contributed by atoms with E-state index in [0.717, 1.165) is 23.1 Å². The lowest BCUT2D eigenvalue weighted by atomic mass is 9.70. The molecule has 3 N–H and O–H groups in total. The second-order valence-corrected chi connectivity index (χ2v) is 8.55. The number of hydrogen-bond donors (Lipinski definition) is 3. The molecule has 5 atom stereocenters. The summed E-state index contributed by atoms with van der Waals surface area (Å²) >= 11 is 0. The van der Waals surface area contributed by atoms with E-state index in [1.807, 2.05) is 20.8 Å². The summed E-state index contributed by atoms with van der Waals surface area (Å²) in [5, 5.41) is 31.6. The lowest BCUT2D eigenvalue weighted by Crippen LogP contribution is -2.43. The number of fused-ring (bicyclic) bond motifs is 1. The molecule has 24 heavy (non-hydrogen) atoms. The Kier molecular flexibility index (Phi) is 5.43. The van der Waals surface area contributed by atoms with Crippen LogP contribution in [-0.4, -0.2) is 38.9 Å². The van der Waals surface area contributed by atoms with E-state index in [9.17, 15) is 20.1 Å². The molecular formula is C20H32O4. The Morgan fingerprint density at radius 1 is 1.21 bits per heavy atom. The van der Waals surface area contributed by atoms with Crippen LogP contribution in [0.2, 0.25) is 0 Å². The summed E-state index contributed by atoms with van der Waals surface area (Å²) in [5.74, 6) is 0.181. The first-order valence-electron chi connectivity index (χ1n) is 8.94. The fourth-order valence-corrected chi connectivity index (χ4v) is 4.42. The van der Waals surface area contributed by atoms with Crippen molar-refractivity contribution in [1.82, 2.24) is 0 Å². The van der Waals surface area contributed by atoms with E-state index in [2.05, 4.69) is 6.58 Å². The molecule has 0 spiro atoms. The Hall–Kier alpha value is -0.970. The minimum atomic E-state index is -1.28. The molecule has 0 amide bonds. The quantitative estimate of drug-likeness (QED) is 0.469. The van der Waals surface area contributed by atoms with E-state index >= 15 is 0 Å².